The van der Waals surface area contributed by atoms with Crippen molar-refractivity contribution >= 4 is 35.0 Å². The fraction of sp³-hybridized carbons (Fsp3) is 0.0800. The van der Waals surface area contributed by atoms with Crippen molar-refractivity contribution in [2.24, 2.45) is 0 Å². The summed E-state index contributed by atoms with van der Waals surface area (Å²) in [6.45, 7) is 0.484. The van der Waals surface area contributed by atoms with Gasteiger partial charge in [0.1, 0.15) is 12.4 Å². The van der Waals surface area contributed by atoms with Crippen LogP contribution >= 0.6 is 11.8 Å². The molecule has 0 saturated carbocycles. The Morgan fingerprint density at radius 1 is 0.938 bits per heavy atom. The number of carboxylic acid groups (broad SMARTS) is 1. The lowest BCUT2D eigenvalue weighted by atomic mass is 10.1. The molecule has 2 amide bonds. The summed E-state index contributed by atoms with van der Waals surface area (Å²) in [5, 5.41) is 8.74. The molecule has 1 fully saturated rings. The molecule has 1 N–H and O–H groups in total. The second-order valence-corrected chi connectivity index (χ2v) is 8.11. The van der Waals surface area contributed by atoms with Crippen molar-refractivity contribution in [3.63, 3.8) is 0 Å². The van der Waals surface area contributed by atoms with Crippen molar-refractivity contribution in [1.29, 1.82) is 0 Å². The lowest BCUT2D eigenvalue weighted by molar-refractivity contribution is -0.123. The van der Waals surface area contributed by atoms with Gasteiger partial charge in [-0.15, -0.1) is 0 Å². The van der Waals surface area contributed by atoms with E-state index in [9.17, 15) is 14.4 Å². The van der Waals surface area contributed by atoms with Crippen LogP contribution in [0.5, 0.6) is 5.75 Å². The quantitative estimate of drug-likeness (QED) is 0.503. The van der Waals surface area contributed by atoms with Gasteiger partial charge in [-0.2, -0.15) is 0 Å². The fourth-order valence-corrected chi connectivity index (χ4v) is 4.01. The molecule has 6 nitrogen and oxygen atoms in total. The first-order valence-corrected chi connectivity index (χ1v) is 10.7. The Morgan fingerprint density at radius 3 is 2.38 bits per heavy atom. The number of aromatic carboxylic acids is 1. The second-order valence-electron chi connectivity index (χ2n) is 7.12. The molecule has 0 radical (unpaired) electrons. The van der Waals surface area contributed by atoms with Gasteiger partial charge in [-0.25, -0.2) is 4.79 Å². The van der Waals surface area contributed by atoms with Crippen molar-refractivity contribution in [3.05, 3.63) is 106 Å². The number of amides is 2. The molecule has 3 aromatic carbocycles. The van der Waals surface area contributed by atoms with Crippen LogP contribution in [0.4, 0.5) is 4.79 Å². The van der Waals surface area contributed by atoms with Gasteiger partial charge in [-0.1, -0.05) is 54.6 Å². The summed E-state index contributed by atoms with van der Waals surface area (Å²) in [6, 6.07) is 23.3. The van der Waals surface area contributed by atoms with Crippen molar-refractivity contribution in [1.82, 2.24) is 4.90 Å². The molecule has 1 heterocycles. The number of carbonyl (C=O) groups excluding carboxylic acids is 2. The van der Waals surface area contributed by atoms with Crippen LogP contribution in [-0.4, -0.2) is 27.1 Å². The zero-order valence-corrected chi connectivity index (χ0v) is 17.7. The van der Waals surface area contributed by atoms with Crippen molar-refractivity contribution < 1.29 is 24.2 Å². The maximum Gasteiger partial charge on any atom is 0.335 e. The number of rotatable bonds is 7. The standard InChI is InChI=1S/C25H19NO5S/c27-23-22(32-25(30)26(23)15-19-7-4-8-20(13-19)24(28)29)14-17-9-11-21(12-10-17)31-16-18-5-2-1-3-6-18/h1-14H,15-16H2,(H,28,29)/b22-14-. The van der Waals surface area contributed by atoms with Gasteiger partial charge in [-0.05, 0) is 58.8 Å². The maximum atomic E-state index is 12.7. The average molecular weight is 445 g/mol. The number of imide groups is 1. The summed E-state index contributed by atoms with van der Waals surface area (Å²) in [7, 11) is 0. The van der Waals surface area contributed by atoms with E-state index in [-0.39, 0.29) is 17.3 Å². The van der Waals surface area contributed by atoms with E-state index in [0.29, 0.717) is 22.8 Å². The van der Waals surface area contributed by atoms with E-state index in [2.05, 4.69) is 0 Å². The molecule has 0 bridgehead atoms. The van der Waals surface area contributed by atoms with Crippen LogP contribution in [0, 0.1) is 0 Å². The Labute approximate surface area is 189 Å². The lowest BCUT2D eigenvalue weighted by Gasteiger charge is -2.12. The third kappa shape index (κ3) is 5.07. The Balaban J connectivity index is 1.42. The number of hydrogen-bond donors (Lipinski definition) is 1. The van der Waals surface area contributed by atoms with Gasteiger partial charge in [0.15, 0.2) is 0 Å². The largest absolute Gasteiger partial charge is 0.489 e. The highest BCUT2D eigenvalue weighted by Gasteiger charge is 2.35. The molecule has 1 aliphatic heterocycles. The third-order valence-corrected chi connectivity index (χ3v) is 5.72. The Hall–Kier alpha value is -3.84. The normalized spacial score (nSPS) is 14.8. The lowest BCUT2D eigenvalue weighted by Crippen LogP contribution is -2.27. The van der Waals surface area contributed by atoms with Crippen molar-refractivity contribution in [2.45, 2.75) is 13.2 Å². The minimum atomic E-state index is -1.06. The van der Waals surface area contributed by atoms with Gasteiger partial charge in [0.05, 0.1) is 17.0 Å². The van der Waals surface area contributed by atoms with E-state index in [1.165, 1.54) is 12.1 Å². The Kier molecular flexibility index (Phi) is 6.37. The molecule has 7 heteroatoms. The predicted octanol–water partition coefficient (Wildman–Crippen LogP) is 5.20. The smallest absolute Gasteiger partial charge is 0.335 e. The highest BCUT2D eigenvalue weighted by atomic mass is 32.2. The van der Waals surface area contributed by atoms with Gasteiger partial charge in [0.25, 0.3) is 11.1 Å². The zero-order valence-electron chi connectivity index (χ0n) is 16.9. The Morgan fingerprint density at radius 2 is 1.66 bits per heavy atom. The van der Waals surface area contributed by atoms with Crippen LogP contribution in [-0.2, 0) is 17.9 Å². The molecule has 0 unspecified atom stereocenters. The topological polar surface area (TPSA) is 83.9 Å². The molecule has 4 rings (SSSR count). The van der Waals surface area contributed by atoms with Crippen LogP contribution in [0.15, 0.2) is 83.8 Å². The van der Waals surface area contributed by atoms with Gasteiger partial charge < -0.3 is 9.84 Å². The highest BCUT2D eigenvalue weighted by molar-refractivity contribution is 8.18. The molecular weight excluding hydrogens is 426 g/mol. The van der Waals surface area contributed by atoms with E-state index < -0.39 is 11.9 Å². The minimum Gasteiger partial charge on any atom is -0.489 e. The van der Waals surface area contributed by atoms with Gasteiger partial charge >= 0.3 is 5.97 Å². The summed E-state index contributed by atoms with van der Waals surface area (Å²) in [6.07, 6.45) is 1.67. The van der Waals surface area contributed by atoms with Gasteiger partial charge in [0, 0.05) is 0 Å². The molecule has 0 spiro atoms. The van der Waals surface area contributed by atoms with E-state index >= 15 is 0 Å². The first kappa shape index (κ1) is 21.4. The predicted molar refractivity (Wildman–Crippen MR) is 122 cm³/mol. The molecular formula is C25H19NO5S. The van der Waals surface area contributed by atoms with Crippen molar-refractivity contribution in [3.8, 4) is 5.75 Å². The highest BCUT2D eigenvalue weighted by Crippen LogP contribution is 2.33. The number of carboxylic acids is 1. The summed E-state index contributed by atoms with van der Waals surface area (Å²) >= 11 is 0.869. The van der Waals surface area contributed by atoms with Crippen LogP contribution in [0.25, 0.3) is 6.08 Å². The third-order valence-electron chi connectivity index (χ3n) is 4.81. The van der Waals surface area contributed by atoms with Gasteiger partial charge in [0.2, 0.25) is 0 Å². The van der Waals surface area contributed by atoms with E-state index in [0.717, 1.165) is 27.8 Å². The first-order chi connectivity index (χ1) is 15.5. The van der Waals surface area contributed by atoms with Crippen LogP contribution in [0.3, 0.4) is 0 Å². The second kappa shape index (κ2) is 9.53. The molecule has 3 aromatic rings. The molecule has 1 saturated heterocycles. The van der Waals surface area contributed by atoms with Gasteiger partial charge in [-0.3, -0.25) is 14.5 Å². The summed E-state index contributed by atoms with van der Waals surface area (Å²) in [5.41, 5.74) is 2.53. The van der Waals surface area contributed by atoms with E-state index in [4.69, 9.17) is 9.84 Å². The molecule has 0 aromatic heterocycles. The number of thioether (sulfide) groups is 1. The Bertz CT molecular complexity index is 1190. The van der Waals surface area contributed by atoms with Crippen LogP contribution < -0.4 is 4.74 Å². The minimum absolute atomic E-state index is 0.0232. The summed E-state index contributed by atoms with van der Waals surface area (Å²) in [5.74, 6) is -0.750. The maximum absolute atomic E-state index is 12.7. The first-order valence-electron chi connectivity index (χ1n) is 9.84. The number of ether oxygens (including phenoxy) is 1. The molecule has 0 atom stereocenters. The fourth-order valence-electron chi connectivity index (χ4n) is 3.17. The SMILES string of the molecule is O=C(O)c1cccc(CN2C(=O)S/C(=C\c3ccc(OCc4ccccc4)cc3)C2=O)c1. The monoisotopic (exact) mass is 445 g/mol. The number of nitrogens with zero attached hydrogens (tertiary/aromatic N) is 1. The number of benzene rings is 3. The summed E-state index contributed by atoms with van der Waals surface area (Å²) < 4.78 is 5.77. The van der Waals surface area contributed by atoms with E-state index in [1.807, 2.05) is 54.6 Å². The average Bonchev–Trinajstić information content (AvgIpc) is 3.07. The van der Waals surface area contributed by atoms with Crippen molar-refractivity contribution in [2.75, 3.05) is 0 Å². The molecule has 0 aliphatic carbocycles. The molecule has 160 valence electrons. The number of hydrogen-bond acceptors (Lipinski definition) is 5. The molecule has 1 aliphatic rings. The van der Waals surface area contributed by atoms with Crippen LogP contribution in [0.1, 0.15) is 27.0 Å². The van der Waals surface area contributed by atoms with E-state index in [1.54, 1.807) is 18.2 Å². The summed E-state index contributed by atoms with van der Waals surface area (Å²) in [4.78, 5) is 37.7. The zero-order chi connectivity index (χ0) is 22.5. The van der Waals surface area contributed by atoms with Crippen LogP contribution in [0.2, 0.25) is 0 Å². The molecule has 32 heavy (non-hydrogen) atoms. The number of carbonyl (C=O) groups is 3.